The van der Waals surface area contributed by atoms with E-state index in [2.05, 4.69) is 29.6 Å². The Labute approximate surface area is 135 Å². The Morgan fingerprint density at radius 3 is 2.83 bits per heavy atom. The largest absolute Gasteiger partial charge is 0.480 e. The van der Waals surface area contributed by atoms with Gasteiger partial charge in [-0.3, -0.25) is 4.79 Å². The van der Waals surface area contributed by atoms with Crippen LogP contribution in [0.15, 0.2) is 18.6 Å². The average Bonchev–Trinajstić information content (AvgIpc) is 2.87. The number of hydrogen-bond donors (Lipinski definition) is 1. The van der Waals surface area contributed by atoms with Gasteiger partial charge in [-0.2, -0.15) is 5.26 Å². The molecule has 0 fully saturated rings. The van der Waals surface area contributed by atoms with Crippen molar-refractivity contribution in [2.24, 2.45) is 0 Å². The van der Waals surface area contributed by atoms with E-state index in [9.17, 15) is 4.79 Å². The molecule has 23 heavy (non-hydrogen) atoms. The van der Waals surface area contributed by atoms with Gasteiger partial charge in [-0.25, -0.2) is 9.97 Å². The number of hydrogen-bond acceptors (Lipinski definition) is 5. The second kappa shape index (κ2) is 6.89. The average molecular weight is 332 g/mol. The molecule has 0 aliphatic heterocycles. The van der Waals surface area contributed by atoms with E-state index in [0.717, 1.165) is 6.04 Å². The number of aromatic nitrogens is 3. The van der Waals surface area contributed by atoms with Crippen molar-refractivity contribution in [2.75, 3.05) is 6.61 Å². The normalized spacial score (nSPS) is 13.0. The molecule has 0 aromatic carbocycles. The first-order valence-corrected chi connectivity index (χ1v) is 11.0. The summed E-state index contributed by atoms with van der Waals surface area (Å²) in [5.74, 6) is -2.52. The number of nitrogens with zero attached hydrogens (tertiary/aromatic N) is 4. The zero-order chi connectivity index (χ0) is 17.0. The summed E-state index contributed by atoms with van der Waals surface area (Å²) in [6, 6.07) is 4.56. The molecule has 1 N–H and O–H groups in total. The van der Waals surface area contributed by atoms with Crippen molar-refractivity contribution in [1.82, 2.24) is 14.5 Å². The third kappa shape index (κ3) is 4.15. The molecule has 7 nitrogen and oxygen atoms in total. The molecule has 0 aliphatic rings. The molecule has 0 amide bonds. The Morgan fingerprint density at radius 2 is 2.22 bits per heavy atom. The number of carbonyl (C=O) groups is 1. The molecule has 8 heteroatoms. The van der Waals surface area contributed by atoms with Crippen molar-refractivity contribution >= 4 is 25.1 Å². The highest BCUT2D eigenvalue weighted by Gasteiger charge is 2.24. The highest BCUT2D eigenvalue weighted by Crippen LogP contribution is 2.23. The summed E-state index contributed by atoms with van der Waals surface area (Å²) in [5, 5.41) is 18.7. The van der Waals surface area contributed by atoms with E-state index >= 15 is 0 Å². The predicted molar refractivity (Wildman–Crippen MR) is 87.6 cm³/mol. The lowest BCUT2D eigenvalue weighted by molar-refractivity contribution is -0.137. The Kier molecular flexibility index (Phi) is 5.13. The molecule has 0 spiro atoms. The van der Waals surface area contributed by atoms with E-state index in [1.807, 2.05) is 0 Å². The van der Waals surface area contributed by atoms with Crippen molar-refractivity contribution < 1.29 is 14.6 Å². The minimum absolute atomic E-state index is 0.214. The molecule has 0 saturated carbocycles. The second-order valence-corrected chi connectivity index (χ2v) is 12.2. The van der Waals surface area contributed by atoms with Crippen LogP contribution in [0.25, 0.3) is 11.0 Å². The molecule has 2 aromatic heterocycles. The van der Waals surface area contributed by atoms with Gasteiger partial charge in [-0.15, -0.1) is 0 Å². The van der Waals surface area contributed by atoms with Crippen LogP contribution in [0.2, 0.25) is 25.7 Å². The number of carboxylic acids is 1. The quantitative estimate of drug-likeness (QED) is 0.617. The smallest absolute Gasteiger partial charge is 0.327 e. The van der Waals surface area contributed by atoms with Crippen molar-refractivity contribution in [3.63, 3.8) is 0 Å². The van der Waals surface area contributed by atoms with Crippen LogP contribution in [-0.2, 0) is 16.3 Å². The minimum Gasteiger partial charge on any atom is -0.480 e. The summed E-state index contributed by atoms with van der Waals surface area (Å²) >= 11 is 0. The maximum atomic E-state index is 11.2. The van der Waals surface area contributed by atoms with E-state index in [4.69, 9.17) is 15.1 Å². The number of carboxylic acid groups (broad SMARTS) is 1. The fourth-order valence-corrected chi connectivity index (χ4v) is 2.89. The fraction of sp³-hybridized carbons (Fsp3) is 0.467. The van der Waals surface area contributed by atoms with Crippen LogP contribution in [0.5, 0.6) is 0 Å². The van der Waals surface area contributed by atoms with Crippen molar-refractivity contribution in [3.8, 4) is 6.07 Å². The van der Waals surface area contributed by atoms with Crippen LogP contribution in [0.4, 0.5) is 0 Å². The summed E-state index contributed by atoms with van der Waals surface area (Å²) in [4.78, 5) is 19.3. The highest BCUT2D eigenvalue weighted by molar-refractivity contribution is 6.76. The lowest BCUT2D eigenvalue weighted by Gasteiger charge is -2.15. The third-order valence-corrected chi connectivity index (χ3v) is 5.17. The van der Waals surface area contributed by atoms with Crippen LogP contribution >= 0.6 is 0 Å². The van der Waals surface area contributed by atoms with Gasteiger partial charge in [-0.05, 0) is 12.1 Å². The first kappa shape index (κ1) is 17.1. The number of rotatable bonds is 7. The second-order valence-electron chi connectivity index (χ2n) is 6.53. The Bertz CT molecular complexity index is 745. The summed E-state index contributed by atoms with van der Waals surface area (Å²) < 4.78 is 7.48. The summed E-state index contributed by atoms with van der Waals surface area (Å²) in [7, 11) is -1.14. The standard InChI is InChI=1S/C15H20N4O3Si/c1-23(2,3)7-6-22-10-19-5-4-11-13(12(8-16)15(20)21)17-9-18-14(11)19/h4-5,9,12H,6-7,10H2,1-3H3,(H,20,21). The van der Waals surface area contributed by atoms with E-state index in [1.165, 1.54) is 6.33 Å². The van der Waals surface area contributed by atoms with Crippen molar-refractivity contribution in [1.29, 1.82) is 5.26 Å². The number of ether oxygens (including phenoxy) is 1. The van der Waals surface area contributed by atoms with Gasteiger partial charge >= 0.3 is 5.97 Å². The molecular weight excluding hydrogens is 312 g/mol. The summed E-state index contributed by atoms with van der Waals surface area (Å²) in [6.07, 6.45) is 3.05. The van der Waals surface area contributed by atoms with Crippen LogP contribution < -0.4 is 0 Å². The van der Waals surface area contributed by atoms with E-state index < -0.39 is 20.0 Å². The molecule has 2 heterocycles. The van der Waals surface area contributed by atoms with Gasteiger partial charge in [0.1, 0.15) is 18.7 Å². The van der Waals surface area contributed by atoms with Gasteiger partial charge in [0.25, 0.3) is 0 Å². The molecule has 0 bridgehead atoms. The third-order valence-electron chi connectivity index (χ3n) is 3.46. The Hall–Kier alpha value is -2.24. The topological polar surface area (TPSA) is 101 Å². The van der Waals surface area contributed by atoms with Crippen LogP contribution in [0.1, 0.15) is 11.6 Å². The van der Waals surface area contributed by atoms with Gasteiger partial charge < -0.3 is 14.4 Å². The SMILES string of the molecule is C[Si](C)(C)CCOCn1ccc2c(C(C#N)C(=O)O)ncnc21. The maximum Gasteiger partial charge on any atom is 0.327 e. The van der Waals surface area contributed by atoms with Crippen molar-refractivity contribution in [3.05, 3.63) is 24.3 Å². The number of nitriles is 1. The predicted octanol–water partition coefficient (Wildman–Crippen LogP) is 2.44. The van der Waals surface area contributed by atoms with Crippen LogP contribution in [-0.4, -0.2) is 40.3 Å². The molecule has 0 aliphatic carbocycles. The molecule has 1 unspecified atom stereocenters. The van der Waals surface area contributed by atoms with Gasteiger partial charge in [-0.1, -0.05) is 19.6 Å². The first-order chi connectivity index (χ1) is 10.8. The maximum absolute atomic E-state index is 11.2. The van der Waals surface area contributed by atoms with Crippen molar-refractivity contribution in [2.45, 2.75) is 38.3 Å². The van der Waals surface area contributed by atoms with Gasteiger partial charge in [0.15, 0.2) is 5.92 Å². The van der Waals surface area contributed by atoms with E-state index in [1.54, 1.807) is 22.9 Å². The highest BCUT2D eigenvalue weighted by atomic mass is 28.3. The summed E-state index contributed by atoms with van der Waals surface area (Å²) in [6.45, 7) is 7.89. The van der Waals surface area contributed by atoms with Crippen LogP contribution in [0.3, 0.4) is 0 Å². The lowest BCUT2D eigenvalue weighted by Crippen LogP contribution is -2.22. The fourth-order valence-electron chi connectivity index (χ4n) is 2.13. The van der Waals surface area contributed by atoms with Crippen LogP contribution in [0, 0.1) is 11.3 Å². The van der Waals surface area contributed by atoms with E-state index in [0.29, 0.717) is 24.4 Å². The van der Waals surface area contributed by atoms with Gasteiger partial charge in [0, 0.05) is 26.3 Å². The monoisotopic (exact) mass is 332 g/mol. The first-order valence-electron chi connectivity index (χ1n) is 7.33. The minimum atomic E-state index is -1.30. The number of aliphatic carboxylic acids is 1. The molecule has 1 atom stereocenters. The van der Waals surface area contributed by atoms with E-state index in [-0.39, 0.29) is 5.69 Å². The van der Waals surface area contributed by atoms with Gasteiger partial charge in [0.2, 0.25) is 0 Å². The zero-order valence-corrected chi connectivity index (χ0v) is 14.5. The molecule has 0 radical (unpaired) electrons. The molecule has 122 valence electrons. The molecule has 2 aromatic rings. The Balaban J connectivity index is 2.19. The molecule has 0 saturated heterocycles. The zero-order valence-electron chi connectivity index (χ0n) is 13.5. The molecular formula is C15H20N4O3Si. The summed E-state index contributed by atoms with van der Waals surface area (Å²) in [5.41, 5.74) is 0.787. The number of fused-ring (bicyclic) bond motifs is 1. The lowest BCUT2D eigenvalue weighted by atomic mass is 10.1. The molecule has 2 rings (SSSR count). The van der Waals surface area contributed by atoms with Gasteiger partial charge in [0.05, 0.1) is 11.8 Å². The Morgan fingerprint density at radius 1 is 1.48 bits per heavy atom.